The van der Waals surface area contributed by atoms with E-state index < -0.39 is 17.6 Å². The Bertz CT molecular complexity index is 969. The lowest BCUT2D eigenvalue weighted by atomic mass is 9.88. The number of aryl methyl sites for hydroxylation is 1. The molecule has 3 rings (SSSR count). The van der Waals surface area contributed by atoms with Crippen LogP contribution in [0.25, 0.3) is 5.57 Å². The average molecular weight is 448 g/mol. The zero-order chi connectivity index (χ0) is 23.1. The fourth-order valence-electron chi connectivity index (χ4n) is 3.80. The van der Waals surface area contributed by atoms with Crippen LogP contribution in [0.4, 0.5) is 19.0 Å². The topological polar surface area (TPSA) is 74.4 Å². The molecule has 1 aromatic heterocycles. The molecule has 0 saturated carbocycles. The number of aromatic nitrogens is 1. The second-order valence-electron chi connectivity index (χ2n) is 7.81. The van der Waals surface area contributed by atoms with E-state index >= 15 is 0 Å². The van der Waals surface area contributed by atoms with Crippen LogP contribution < -0.4 is 10.5 Å². The molecule has 1 heterocycles. The molecule has 1 aliphatic rings. The number of ether oxygens (including phenoxy) is 2. The van der Waals surface area contributed by atoms with Gasteiger partial charge in [-0.05, 0) is 79.0 Å². The van der Waals surface area contributed by atoms with Crippen molar-refractivity contribution in [1.29, 1.82) is 0 Å². The highest BCUT2D eigenvalue weighted by atomic mass is 19.4. The van der Waals surface area contributed by atoms with Crippen LogP contribution in [-0.4, -0.2) is 24.7 Å². The third-order valence-corrected chi connectivity index (χ3v) is 5.56. The van der Waals surface area contributed by atoms with E-state index in [9.17, 15) is 18.0 Å². The van der Waals surface area contributed by atoms with Gasteiger partial charge in [-0.25, -0.2) is 4.98 Å². The van der Waals surface area contributed by atoms with Gasteiger partial charge in [0.05, 0.1) is 12.7 Å². The predicted molar refractivity (Wildman–Crippen MR) is 116 cm³/mol. The zero-order valence-electron chi connectivity index (χ0n) is 18.0. The first-order chi connectivity index (χ1) is 15.3. The fraction of sp³-hybridized carbons (Fsp3) is 0.417. The average Bonchev–Trinajstić information content (AvgIpc) is 2.78. The van der Waals surface area contributed by atoms with E-state index in [0.29, 0.717) is 37.2 Å². The Morgan fingerprint density at radius 1 is 1.16 bits per heavy atom. The molecule has 0 saturated heterocycles. The van der Waals surface area contributed by atoms with Crippen molar-refractivity contribution in [2.75, 3.05) is 19.5 Å². The van der Waals surface area contributed by atoms with Crippen LogP contribution in [0.1, 0.15) is 55.2 Å². The van der Waals surface area contributed by atoms with Crippen LogP contribution in [0.5, 0.6) is 5.75 Å². The first-order valence-electron chi connectivity index (χ1n) is 10.6. The first kappa shape index (κ1) is 23.6. The van der Waals surface area contributed by atoms with E-state index in [-0.39, 0.29) is 5.97 Å². The minimum absolute atomic E-state index is 0.222. The van der Waals surface area contributed by atoms with Gasteiger partial charge in [-0.2, -0.15) is 13.2 Å². The van der Waals surface area contributed by atoms with Crippen molar-refractivity contribution in [2.24, 2.45) is 0 Å². The maximum absolute atomic E-state index is 13.2. The van der Waals surface area contributed by atoms with E-state index in [1.54, 1.807) is 0 Å². The number of halogens is 3. The van der Waals surface area contributed by atoms with Gasteiger partial charge in [-0.3, -0.25) is 4.79 Å². The molecule has 0 aliphatic heterocycles. The number of anilines is 1. The third kappa shape index (κ3) is 6.24. The smallest absolute Gasteiger partial charge is 0.419 e. The molecule has 0 unspecified atom stereocenters. The number of alkyl halides is 3. The SMILES string of the molecule is COC(=O)CCCc1ccc(OCC2=C(c3cnc(N)c(C(F)(F)F)c3)CCCC2)cc1. The largest absolute Gasteiger partial charge is 0.489 e. The number of benzene rings is 1. The molecule has 5 nitrogen and oxygen atoms in total. The number of hydrogen-bond donors (Lipinski definition) is 1. The summed E-state index contributed by atoms with van der Waals surface area (Å²) in [5.41, 5.74) is 7.92. The molecule has 1 aromatic carbocycles. The van der Waals surface area contributed by atoms with Crippen molar-refractivity contribution >= 4 is 17.4 Å². The lowest BCUT2D eigenvalue weighted by Crippen LogP contribution is -2.13. The Morgan fingerprint density at radius 2 is 1.88 bits per heavy atom. The molecule has 2 N–H and O–H groups in total. The summed E-state index contributed by atoms with van der Waals surface area (Å²) in [6.45, 7) is 0.308. The van der Waals surface area contributed by atoms with E-state index in [1.165, 1.54) is 13.3 Å². The van der Waals surface area contributed by atoms with E-state index in [1.807, 2.05) is 24.3 Å². The maximum atomic E-state index is 13.2. The monoisotopic (exact) mass is 448 g/mol. The molecule has 8 heteroatoms. The molecule has 0 spiro atoms. The van der Waals surface area contributed by atoms with Crippen molar-refractivity contribution in [3.05, 3.63) is 58.8 Å². The fourth-order valence-corrected chi connectivity index (χ4v) is 3.80. The molecular weight excluding hydrogens is 421 g/mol. The Labute approximate surface area is 185 Å². The molecule has 172 valence electrons. The van der Waals surface area contributed by atoms with E-state index in [2.05, 4.69) is 9.72 Å². The number of carbonyl (C=O) groups is 1. The van der Waals surface area contributed by atoms with Gasteiger partial charge in [0.1, 0.15) is 18.2 Å². The highest BCUT2D eigenvalue weighted by Gasteiger charge is 2.34. The van der Waals surface area contributed by atoms with Crippen molar-refractivity contribution in [1.82, 2.24) is 4.98 Å². The number of hydrogen-bond acceptors (Lipinski definition) is 5. The first-order valence-corrected chi connectivity index (χ1v) is 10.6. The van der Waals surface area contributed by atoms with Gasteiger partial charge in [-0.1, -0.05) is 12.1 Å². The lowest BCUT2D eigenvalue weighted by Gasteiger charge is -2.22. The summed E-state index contributed by atoms with van der Waals surface area (Å²) in [7, 11) is 1.38. The van der Waals surface area contributed by atoms with Crippen LogP contribution in [0.3, 0.4) is 0 Å². The minimum Gasteiger partial charge on any atom is -0.489 e. The summed E-state index contributed by atoms with van der Waals surface area (Å²) in [6.07, 6.45) is 2.04. The third-order valence-electron chi connectivity index (χ3n) is 5.56. The molecular formula is C24H27F3N2O3. The number of nitrogens with two attached hydrogens (primary N) is 1. The van der Waals surface area contributed by atoms with Crippen molar-refractivity contribution in [3.63, 3.8) is 0 Å². The molecule has 0 bridgehead atoms. The van der Waals surface area contributed by atoms with Crippen molar-refractivity contribution < 1.29 is 27.4 Å². The number of nitrogens with zero attached hydrogens (tertiary/aromatic N) is 1. The Balaban J connectivity index is 1.68. The number of allylic oxidation sites excluding steroid dienone is 1. The summed E-state index contributed by atoms with van der Waals surface area (Å²) in [6, 6.07) is 8.71. The van der Waals surface area contributed by atoms with Crippen molar-refractivity contribution in [3.8, 4) is 5.75 Å². The van der Waals surface area contributed by atoms with Gasteiger partial charge in [0, 0.05) is 12.6 Å². The second kappa shape index (κ2) is 10.5. The van der Waals surface area contributed by atoms with Gasteiger partial charge in [-0.15, -0.1) is 0 Å². The van der Waals surface area contributed by atoms with Gasteiger partial charge in [0.25, 0.3) is 0 Å². The van der Waals surface area contributed by atoms with Crippen LogP contribution >= 0.6 is 0 Å². The molecule has 0 amide bonds. The molecule has 32 heavy (non-hydrogen) atoms. The molecule has 0 fully saturated rings. The number of rotatable bonds is 8. The van der Waals surface area contributed by atoms with Crippen molar-refractivity contribution in [2.45, 2.75) is 51.1 Å². The summed E-state index contributed by atoms with van der Waals surface area (Å²) in [5.74, 6) is -0.0483. The molecule has 2 aromatic rings. The summed E-state index contributed by atoms with van der Waals surface area (Å²) in [5, 5.41) is 0. The van der Waals surface area contributed by atoms with E-state index in [4.69, 9.17) is 10.5 Å². The summed E-state index contributed by atoms with van der Waals surface area (Å²) in [4.78, 5) is 15.0. The van der Waals surface area contributed by atoms with Gasteiger partial charge >= 0.3 is 12.1 Å². The number of methoxy groups -OCH3 is 1. The Hall–Kier alpha value is -3.03. The van der Waals surface area contributed by atoms with E-state index in [0.717, 1.165) is 48.5 Å². The highest BCUT2D eigenvalue weighted by molar-refractivity contribution is 5.71. The van der Waals surface area contributed by atoms with Gasteiger partial charge in [0.2, 0.25) is 0 Å². The number of nitrogen functional groups attached to an aromatic ring is 1. The number of carbonyl (C=O) groups excluding carboxylic acids is 1. The maximum Gasteiger partial charge on any atom is 0.419 e. The highest BCUT2D eigenvalue weighted by Crippen LogP contribution is 2.37. The quantitative estimate of drug-likeness (QED) is 0.533. The standard InChI is InChI=1S/C24H27F3N2O3/c1-31-22(30)8-4-5-16-9-11-19(12-10-16)32-15-17-6-2-3-7-20(17)18-13-21(24(25,26)27)23(28)29-14-18/h9-14H,2-8,15H2,1H3,(H2,28,29). The molecule has 1 aliphatic carbocycles. The van der Waals surface area contributed by atoms with Gasteiger partial charge in [0.15, 0.2) is 0 Å². The second-order valence-corrected chi connectivity index (χ2v) is 7.81. The summed E-state index contributed by atoms with van der Waals surface area (Å²) < 4.78 is 50.3. The summed E-state index contributed by atoms with van der Waals surface area (Å²) >= 11 is 0. The minimum atomic E-state index is -4.54. The normalized spacial score (nSPS) is 14.4. The number of pyridine rings is 1. The lowest BCUT2D eigenvalue weighted by molar-refractivity contribution is -0.140. The van der Waals surface area contributed by atoms with Gasteiger partial charge < -0.3 is 15.2 Å². The molecule has 0 atom stereocenters. The Morgan fingerprint density at radius 3 is 2.56 bits per heavy atom. The van der Waals surface area contributed by atoms with Crippen LogP contribution in [-0.2, 0) is 22.1 Å². The number of esters is 1. The Kier molecular flexibility index (Phi) is 7.77. The van der Waals surface area contributed by atoms with Crippen LogP contribution in [0.2, 0.25) is 0 Å². The van der Waals surface area contributed by atoms with Crippen LogP contribution in [0.15, 0.2) is 42.1 Å². The van der Waals surface area contributed by atoms with Crippen LogP contribution in [0, 0.1) is 0 Å². The zero-order valence-corrected chi connectivity index (χ0v) is 18.0. The molecule has 0 radical (unpaired) electrons. The predicted octanol–water partition coefficient (Wildman–Crippen LogP) is 5.58.